The Kier molecular flexibility index (Phi) is 3.90. The predicted octanol–water partition coefficient (Wildman–Crippen LogP) is 4.78. The third kappa shape index (κ3) is 2.44. The molecule has 1 fully saturated rings. The molecule has 1 saturated carbocycles. The van der Waals surface area contributed by atoms with E-state index in [2.05, 4.69) is 48.8 Å². The zero-order valence-corrected chi connectivity index (χ0v) is 12.7. The Morgan fingerprint density at radius 3 is 3.00 bits per heavy atom. The Bertz CT molecular complexity index is 545. The second kappa shape index (κ2) is 5.64. The van der Waals surface area contributed by atoms with Crippen molar-refractivity contribution in [3.63, 3.8) is 0 Å². The highest BCUT2D eigenvalue weighted by molar-refractivity contribution is 7.17. The van der Waals surface area contributed by atoms with E-state index in [4.69, 9.17) is 0 Å². The fourth-order valence-electron chi connectivity index (χ4n) is 3.53. The number of rotatable bonds is 4. The fraction of sp³-hybridized carbons (Fsp3) is 0.529. The summed E-state index contributed by atoms with van der Waals surface area (Å²) in [6.45, 7) is 5.83. The van der Waals surface area contributed by atoms with Crippen molar-refractivity contribution in [1.82, 2.24) is 5.32 Å². The molecule has 3 atom stereocenters. The maximum atomic E-state index is 3.73. The summed E-state index contributed by atoms with van der Waals surface area (Å²) in [6, 6.07) is 9.77. The molecule has 1 aliphatic carbocycles. The van der Waals surface area contributed by atoms with Gasteiger partial charge in [0.25, 0.3) is 0 Å². The van der Waals surface area contributed by atoms with Crippen LogP contribution in [0.25, 0.3) is 10.1 Å². The summed E-state index contributed by atoms with van der Waals surface area (Å²) in [5.74, 6) is 1.48. The maximum absolute atomic E-state index is 3.73. The van der Waals surface area contributed by atoms with Gasteiger partial charge in [-0.3, -0.25) is 0 Å². The standard InChI is InChI=1S/C17H23NS/c1-3-10-18-16-8-7-14(12(16)2)15-6-4-5-13-9-11-19-17(13)15/h4-6,9,11-12,14,16,18H,3,7-8,10H2,1-2H3. The summed E-state index contributed by atoms with van der Waals surface area (Å²) in [5, 5.41) is 7.37. The van der Waals surface area contributed by atoms with Gasteiger partial charge in [-0.05, 0) is 60.0 Å². The molecule has 0 aliphatic heterocycles. The second-order valence-corrected chi connectivity index (χ2v) is 6.71. The van der Waals surface area contributed by atoms with E-state index < -0.39 is 0 Å². The maximum Gasteiger partial charge on any atom is 0.0377 e. The summed E-state index contributed by atoms with van der Waals surface area (Å²) in [7, 11) is 0. The minimum absolute atomic E-state index is 0.708. The molecular formula is C17H23NS. The highest BCUT2D eigenvalue weighted by Crippen LogP contribution is 2.43. The van der Waals surface area contributed by atoms with E-state index in [0.29, 0.717) is 6.04 Å². The van der Waals surface area contributed by atoms with Crippen molar-refractivity contribution < 1.29 is 0 Å². The quantitative estimate of drug-likeness (QED) is 0.845. The summed E-state index contributed by atoms with van der Waals surface area (Å²) in [4.78, 5) is 0. The van der Waals surface area contributed by atoms with E-state index in [1.807, 2.05) is 11.3 Å². The summed E-state index contributed by atoms with van der Waals surface area (Å²) in [6.07, 6.45) is 3.89. The molecule has 0 amide bonds. The van der Waals surface area contributed by atoms with Crippen molar-refractivity contribution in [3.05, 3.63) is 35.2 Å². The number of hydrogen-bond acceptors (Lipinski definition) is 2. The van der Waals surface area contributed by atoms with E-state index in [0.717, 1.165) is 18.4 Å². The van der Waals surface area contributed by atoms with Crippen LogP contribution in [0.15, 0.2) is 29.6 Å². The molecule has 0 radical (unpaired) electrons. The lowest BCUT2D eigenvalue weighted by molar-refractivity contribution is 0.406. The van der Waals surface area contributed by atoms with Crippen LogP contribution in [0.3, 0.4) is 0 Å². The lowest BCUT2D eigenvalue weighted by Gasteiger charge is -2.22. The van der Waals surface area contributed by atoms with E-state index in [-0.39, 0.29) is 0 Å². The van der Waals surface area contributed by atoms with E-state index in [1.54, 1.807) is 5.56 Å². The van der Waals surface area contributed by atoms with E-state index in [1.165, 1.54) is 29.3 Å². The number of thiophene rings is 1. The molecule has 102 valence electrons. The third-order valence-corrected chi connectivity index (χ3v) is 5.60. The zero-order valence-electron chi connectivity index (χ0n) is 11.9. The first kappa shape index (κ1) is 13.1. The normalized spacial score (nSPS) is 27.2. The van der Waals surface area contributed by atoms with Gasteiger partial charge in [-0.15, -0.1) is 11.3 Å². The van der Waals surface area contributed by atoms with Crippen molar-refractivity contribution in [2.24, 2.45) is 5.92 Å². The molecule has 1 aliphatic rings. The van der Waals surface area contributed by atoms with Crippen LogP contribution >= 0.6 is 11.3 Å². The molecule has 0 saturated heterocycles. The second-order valence-electron chi connectivity index (χ2n) is 5.79. The molecule has 19 heavy (non-hydrogen) atoms. The molecule has 2 aromatic rings. The first-order valence-electron chi connectivity index (χ1n) is 7.50. The summed E-state index contributed by atoms with van der Waals surface area (Å²) >= 11 is 1.90. The largest absolute Gasteiger partial charge is 0.314 e. The first-order chi connectivity index (χ1) is 9.31. The number of benzene rings is 1. The summed E-state index contributed by atoms with van der Waals surface area (Å²) < 4.78 is 1.51. The topological polar surface area (TPSA) is 12.0 Å². The Morgan fingerprint density at radius 1 is 1.26 bits per heavy atom. The molecule has 1 N–H and O–H groups in total. The van der Waals surface area contributed by atoms with Gasteiger partial charge in [0, 0.05) is 10.7 Å². The Balaban J connectivity index is 1.85. The molecule has 2 heteroatoms. The lowest BCUT2D eigenvalue weighted by atomic mass is 9.88. The fourth-order valence-corrected chi connectivity index (χ4v) is 4.51. The van der Waals surface area contributed by atoms with Gasteiger partial charge in [0.1, 0.15) is 0 Å². The molecule has 1 heterocycles. The predicted molar refractivity (Wildman–Crippen MR) is 85.0 cm³/mol. The van der Waals surface area contributed by atoms with E-state index in [9.17, 15) is 0 Å². The van der Waals surface area contributed by atoms with Crippen molar-refractivity contribution in [3.8, 4) is 0 Å². The van der Waals surface area contributed by atoms with Crippen molar-refractivity contribution in [1.29, 1.82) is 0 Å². The van der Waals surface area contributed by atoms with Crippen LogP contribution in [0.2, 0.25) is 0 Å². The highest BCUT2D eigenvalue weighted by Gasteiger charge is 2.34. The van der Waals surface area contributed by atoms with Crippen molar-refractivity contribution >= 4 is 21.4 Å². The molecule has 3 unspecified atom stereocenters. The smallest absolute Gasteiger partial charge is 0.0377 e. The molecule has 0 spiro atoms. The van der Waals surface area contributed by atoms with Gasteiger partial charge in [-0.1, -0.05) is 32.0 Å². The molecule has 0 bridgehead atoms. The van der Waals surface area contributed by atoms with Crippen LogP contribution < -0.4 is 5.32 Å². The van der Waals surface area contributed by atoms with Crippen LogP contribution in [-0.4, -0.2) is 12.6 Å². The number of fused-ring (bicyclic) bond motifs is 1. The van der Waals surface area contributed by atoms with Gasteiger partial charge in [0.2, 0.25) is 0 Å². The number of hydrogen-bond donors (Lipinski definition) is 1. The van der Waals surface area contributed by atoms with Crippen LogP contribution in [0.1, 0.15) is 44.6 Å². The Labute approximate surface area is 120 Å². The van der Waals surface area contributed by atoms with Gasteiger partial charge in [0.05, 0.1) is 0 Å². The minimum atomic E-state index is 0.708. The zero-order chi connectivity index (χ0) is 13.2. The van der Waals surface area contributed by atoms with Gasteiger partial charge in [0.15, 0.2) is 0 Å². The van der Waals surface area contributed by atoms with Gasteiger partial charge in [-0.25, -0.2) is 0 Å². The highest BCUT2D eigenvalue weighted by atomic mass is 32.1. The van der Waals surface area contributed by atoms with Crippen LogP contribution in [0, 0.1) is 5.92 Å². The number of nitrogens with one attached hydrogen (secondary N) is 1. The average molecular weight is 273 g/mol. The Hall–Kier alpha value is -0.860. The van der Waals surface area contributed by atoms with Gasteiger partial charge < -0.3 is 5.32 Å². The lowest BCUT2D eigenvalue weighted by Crippen LogP contribution is -2.32. The van der Waals surface area contributed by atoms with Crippen LogP contribution in [-0.2, 0) is 0 Å². The first-order valence-corrected chi connectivity index (χ1v) is 8.38. The van der Waals surface area contributed by atoms with Crippen LogP contribution in [0.4, 0.5) is 0 Å². The average Bonchev–Trinajstić information content (AvgIpc) is 3.03. The monoisotopic (exact) mass is 273 g/mol. The van der Waals surface area contributed by atoms with Crippen molar-refractivity contribution in [2.45, 2.75) is 45.1 Å². The molecule has 3 rings (SSSR count). The minimum Gasteiger partial charge on any atom is -0.314 e. The van der Waals surface area contributed by atoms with Gasteiger partial charge >= 0.3 is 0 Å². The molecule has 1 nitrogen and oxygen atoms in total. The molecule has 1 aromatic carbocycles. The third-order valence-electron chi connectivity index (χ3n) is 4.62. The van der Waals surface area contributed by atoms with Crippen molar-refractivity contribution in [2.75, 3.05) is 6.54 Å². The molecule has 1 aromatic heterocycles. The SMILES string of the molecule is CCCNC1CCC(c2cccc3ccsc23)C1C. The van der Waals surface area contributed by atoms with E-state index >= 15 is 0 Å². The Morgan fingerprint density at radius 2 is 2.16 bits per heavy atom. The summed E-state index contributed by atoms with van der Waals surface area (Å²) in [5.41, 5.74) is 1.58. The molecular weight excluding hydrogens is 250 g/mol. The van der Waals surface area contributed by atoms with Crippen LogP contribution in [0.5, 0.6) is 0 Å². The van der Waals surface area contributed by atoms with Gasteiger partial charge in [-0.2, -0.15) is 0 Å².